The molecule has 1 aromatic heterocycles. The van der Waals surface area contributed by atoms with E-state index in [1.165, 1.54) is 13.3 Å². The first-order valence-corrected chi connectivity index (χ1v) is 3.04. The van der Waals surface area contributed by atoms with Gasteiger partial charge >= 0.3 is 5.97 Å². The Kier molecular flexibility index (Phi) is 2.26. The van der Waals surface area contributed by atoms with Gasteiger partial charge in [-0.1, -0.05) is 11.5 Å². The summed E-state index contributed by atoms with van der Waals surface area (Å²) in [7, 11) is 6.72. The Bertz CT molecular complexity index is 275. The van der Waals surface area contributed by atoms with Crippen molar-refractivity contribution in [3.8, 4) is 0 Å². The van der Waals surface area contributed by atoms with Crippen LogP contribution in [0.3, 0.4) is 0 Å². The lowest BCUT2D eigenvalue weighted by molar-refractivity contribution is 0.0596. The molecule has 0 aliphatic heterocycles. The number of pyridine rings is 1. The van der Waals surface area contributed by atoms with E-state index < -0.39 is 5.97 Å². The second-order valence-electron chi connectivity index (χ2n) is 1.93. The third-order valence-electron chi connectivity index (χ3n) is 1.22. The van der Waals surface area contributed by atoms with Gasteiger partial charge in [-0.05, 0) is 6.07 Å². The molecule has 0 spiro atoms. The second kappa shape index (κ2) is 3.19. The molecule has 0 bridgehead atoms. The average Bonchev–Trinajstić information content (AvgIpc) is 2.04. The molecule has 1 rings (SSSR count). The van der Waals surface area contributed by atoms with Crippen LogP contribution >= 0.6 is 0 Å². The highest BCUT2D eigenvalue weighted by Crippen LogP contribution is 1.90. The van der Waals surface area contributed by atoms with Gasteiger partial charge in [-0.25, -0.2) is 9.78 Å². The van der Waals surface area contributed by atoms with Crippen molar-refractivity contribution in [3.63, 3.8) is 0 Å². The lowest BCUT2D eigenvalue weighted by Crippen LogP contribution is -2.18. The molecule has 0 amide bonds. The lowest BCUT2D eigenvalue weighted by atomic mass is 9.94. The molecule has 1 heterocycles. The van der Waals surface area contributed by atoms with E-state index in [0.29, 0.717) is 5.46 Å². The van der Waals surface area contributed by atoms with Crippen molar-refractivity contribution in [1.82, 2.24) is 4.98 Å². The van der Waals surface area contributed by atoms with Gasteiger partial charge in [0.05, 0.1) is 7.11 Å². The van der Waals surface area contributed by atoms with Crippen LogP contribution in [-0.4, -0.2) is 25.9 Å². The summed E-state index contributed by atoms with van der Waals surface area (Å²) in [5.41, 5.74) is 0.495. The van der Waals surface area contributed by atoms with Crippen molar-refractivity contribution >= 4 is 19.3 Å². The Morgan fingerprint density at radius 2 is 2.45 bits per heavy atom. The normalized spacial score (nSPS) is 9.18. The average molecular weight is 147 g/mol. The summed E-state index contributed by atoms with van der Waals surface area (Å²) in [5.74, 6) is -0.511. The Labute approximate surface area is 65.8 Å². The highest BCUT2D eigenvalue weighted by molar-refractivity contribution is 6.35. The number of carbonyl (C=O) groups is 1. The molecule has 0 N–H and O–H groups in total. The summed E-state index contributed by atoms with van der Waals surface area (Å²) < 4.78 is 4.44. The first-order valence-electron chi connectivity index (χ1n) is 3.04. The third kappa shape index (κ3) is 1.58. The predicted octanol–water partition coefficient (Wildman–Crippen LogP) is -0.338. The number of rotatable bonds is 1. The van der Waals surface area contributed by atoms with Crippen LogP contribution in [0.4, 0.5) is 0 Å². The number of methoxy groups -OCH3 is 1. The smallest absolute Gasteiger partial charge is 0.356 e. The summed E-state index contributed by atoms with van der Waals surface area (Å²) in [4.78, 5) is 14.6. The molecular formula is C7H6BNO2. The standard InChI is InChI=1S/C7H6BNO2/c1-11-7(10)6-5(8)3-2-4-9-6/h2-4H,1H3. The predicted molar refractivity (Wildman–Crippen MR) is 41.0 cm³/mol. The van der Waals surface area contributed by atoms with Crippen LogP contribution < -0.4 is 5.46 Å². The molecule has 0 saturated carbocycles. The van der Waals surface area contributed by atoms with E-state index in [2.05, 4.69) is 9.72 Å². The van der Waals surface area contributed by atoms with Crippen molar-refractivity contribution in [3.05, 3.63) is 24.0 Å². The molecule has 0 fully saturated rings. The molecule has 1 aromatic rings. The molecule has 11 heavy (non-hydrogen) atoms. The minimum absolute atomic E-state index is 0.162. The largest absolute Gasteiger partial charge is 0.464 e. The van der Waals surface area contributed by atoms with E-state index >= 15 is 0 Å². The van der Waals surface area contributed by atoms with Gasteiger partial charge in [-0.15, -0.1) is 0 Å². The fourth-order valence-electron chi connectivity index (χ4n) is 0.685. The summed E-state index contributed by atoms with van der Waals surface area (Å²) in [6.45, 7) is 0. The molecule has 54 valence electrons. The van der Waals surface area contributed by atoms with E-state index in [1.807, 2.05) is 0 Å². The Morgan fingerprint density at radius 3 is 3.00 bits per heavy atom. The van der Waals surface area contributed by atoms with Crippen LogP contribution in [0.1, 0.15) is 10.5 Å². The Hall–Kier alpha value is -1.32. The minimum atomic E-state index is -0.511. The zero-order valence-corrected chi connectivity index (χ0v) is 6.07. The first kappa shape index (κ1) is 7.79. The molecule has 0 aliphatic carbocycles. The number of carbonyl (C=O) groups excluding carboxylic acids is 1. The van der Waals surface area contributed by atoms with Crippen LogP contribution in [0, 0.1) is 0 Å². The number of nitrogens with zero attached hydrogens (tertiary/aromatic N) is 1. The van der Waals surface area contributed by atoms with Gasteiger partial charge in [-0.3, -0.25) is 0 Å². The highest BCUT2D eigenvalue weighted by Gasteiger charge is 2.07. The van der Waals surface area contributed by atoms with E-state index in [1.54, 1.807) is 12.1 Å². The van der Waals surface area contributed by atoms with Crippen LogP contribution in [0.15, 0.2) is 18.3 Å². The van der Waals surface area contributed by atoms with Crippen molar-refractivity contribution in [2.24, 2.45) is 0 Å². The molecule has 3 nitrogen and oxygen atoms in total. The summed E-state index contributed by atoms with van der Waals surface area (Å²) in [5, 5.41) is 0. The van der Waals surface area contributed by atoms with Crippen molar-refractivity contribution < 1.29 is 9.53 Å². The lowest BCUT2D eigenvalue weighted by Gasteiger charge is -2.00. The van der Waals surface area contributed by atoms with Gasteiger partial charge in [0.15, 0.2) is 0 Å². The zero-order valence-electron chi connectivity index (χ0n) is 6.07. The third-order valence-corrected chi connectivity index (χ3v) is 1.22. The van der Waals surface area contributed by atoms with E-state index in [0.717, 1.165) is 0 Å². The zero-order chi connectivity index (χ0) is 8.27. The van der Waals surface area contributed by atoms with Crippen LogP contribution in [-0.2, 0) is 4.74 Å². The second-order valence-corrected chi connectivity index (χ2v) is 1.93. The molecule has 0 atom stereocenters. The van der Waals surface area contributed by atoms with Crippen LogP contribution in [0.25, 0.3) is 0 Å². The Balaban J connectivity index is 3.03. The SMILES string of the molecule is [B]c1cccnc1C(=O)OC. The molecular weight excluding hydrogens is 141 g/mol. The molecule has 2 radical (unpaired) electrons. The van der Waals surface area contributed by atoms with Crippen molar-refractivity contribution in [2.75, 3.05) is 7.11 Å². The van der Waals surface area contributed by atoms with Crippen LogP contribution in [0.5, 0.6) is 0 Å². The maximum Gasteiger partial charge on any atom is 0.356 e. The number of aromatic nitrogens is 1. The number of hydrogen-bond acceptors (Lipinski definition) is 3. The van der Waals surface area contributed by atoms with Gasteiger partial charge in [0.1, 0.15) is 13.5 Å². The molecule has 0 aliphatic rings. The van der Waals surface area contributed by atoms with Gasteiger partial charge in [0.2, 0.25) is 0 Å². The fourth-order valence-corrected chi connectivity index (χ4v) is 0.685. The van der Waals surface area contributed by atoms with E-state index in [-0.39, 0.29) is 5.69 Å². The van der Waals surface area contributed by atoms with Gasteiger partial charge in [0, 0.05) is 6.20 Å². The highest BCUT2D eigenvalue weighted by atomic mass is 16.5. The monoisotopic (exact) mass is 147 g/mol. The maximum atomic E-state index is 10.9. The fraction of sp³-hybridized carbons (Fsp3) is 0.143. The number of esters is 1. The minimum Gasteiger partial charge on any atom is -0.464 e. The molecule has 4 heteroatoms. The maximum absolute atomic E-state index is 10.9. The summed E-state index contributed by atoms with van der Waals surface area (Å²) >= 11 is 0. The molecule has 0 unspecified atom stereocenters. The summed E-state index contributed by atoms with van der Waals surface area (Å²) in [6, 6.07) is 3.25. The van der Waals surface area contributed by atoms with Crippen LogP contribution in [0.2, 0.25) is 0 Å². The van der Waals surface area contributed by atoms with Gasteiger partial charge < -0.3 is 4.74 Å². The van der Waals surface area contributed by atoms with E-state index in [9.17, 15) is 4.79 Å². The summed E-state index contributed by atoms with van der Waals surface area (Å²) in [6.07, 6.45) is 1.49. The van der Waals surface area contributed by atoms with Gasteiger partial charge in [0.25, 0.3) is 0 Å². The van der Waals surface area contributed by atoms with E-state index in [4.69, 9.17) is 7.85 Å². The van der Waals surface area contributed by atoms with Crippen molar-refractivity contribution in [1.29, 1.82) is 0 Å². The number of hydrogen-bond donors (Lipinski definition) is 0. The quantitative estimate of drug-likeness (QED) is 0.403. The molecule has 0 aromatic carbocycles. The Morgan fingerprint density at radius 1 is 1.73 bits per heavy atom. The topological polar surface area (TPSA) is 39.2 Å². The van der Waals surface area contributed by atoms with Gasteiger partial charge in [-0.2, -0.15) is 0 Å². The van der Waals surface area contributed by atoms with Crippen molar-refractivity contribution in [2.45, 2.75) is 0 Å². The molecule has 0 saturated heterocycles. The number of ether oxygens (including phenoxy) is 1. The first-order chi connectivity index (χ1) is 5.25.